The molecule has 0 aromatic carbocycles. The Morgan fingerprint density at radius 2 is 1.36 bits per heavy atom. The van der Waals surface area contributed by atoms with Crippen molar-refractivity contribution in [1.29, 1.82) is 0 Å². The summed E-state index contributed by atoms with van der Waals surface area (Å²) < 4.78 is 0. The van der Waals surface area contributed by atoms with Gasteiger partial charge in [0.1, 0.15) is 0 Å². The number of nitrogens with one attached hydrogen (secondary N) is 1. The second-order valence-corrected chi connectivity index (χ2v) is 6.53. The minimum absolute atomic E-state index is 0.169. The summed E-state index contributed by atoms with van der Waals surface area (Å²) >= 11 is 0. The number of rotatable bonds is 15. The third-order valence-corrected chi connectivity index (χ3v) is 4.34. The molecule has 0 bridgehead atoms. The quantitative estimate of drug-likeness (QED) is 0.291. The van der Waals surface area contributed by atoms with Gasteiger partial charge >= 0.3 is 0 Å². The third-order valence-electron chi connectivity index (χ3n) is 4.34. The first-order valence-corrected chi connectivity index (χ1v) is 9.59. The van der Waals surface area contributed by atoms with Gasteiger partial charge in [-0.15, -0.1) is 0 Å². The molecule has 22 heavy (non-hydrogen) atoms. The van der Waals surface area contributed by atoms with Crippen LogP contribution >= 0.6 is 0 Å². The lowest BCUT2D eigenvalue weighted by atomic mass is 10.0. The van der Waals surface area contributed by atoms with E-state index in [1.54, 1.807) is 7.05 Å². The maximum Gasteiger partial charge on any atom is 0.222 e. The molecular weight excluding hydrogens is 270 g/mol. The van der Waals surface area contributed by atoms with Gasteiger partial charge in [-0.05, 0) is 32.1 Å². The number of hydrogen-bond acceptors (Lipinski definition) is 1. The highest BCUT2D eigenvalue weighted by molar-refractivity contribution is 5.77. The molecule has 0 rings (SSSR count). The number of unbranched alkanes of at least 4 members (excludes halogenated alkanes) is 10. The number of carbonyl (C=O) groups is 1. The van der Waals surface area contributed by atoms with Gasteiger partial charge in [-0.2, -0.15) is 0 Å². The van der Waals surface area contributed by atoms with Crippen LogP contribution in [0.5, 0.6) is 0 Å². The summed E-state index contributed by atoms with van der Waals surface area (Å²) in [4.78, 5) is 11.4. The van der Waals surface area contributed by atoms with Crippen LogP contribution in [0.25, 0.3) is 0 Å². The van der Waals surface area contributed by atoms with Crippen LogP contribution < -0.4 is 5.32 Å². The van der Waals surface area contributed by atoms with Crippen LogP contribution in [-0.4, -0.2) is 13.0 Å². The number of carbonyl (C=O) groups excluding carboxylic acids is 1. The predicted molar refractivity (Wildman–Crippen MR) is 98.1 cm³/mol. The van der Waals surface area contributed by atoms with E-state index < -0.39 is 0 Å². The first kappa shape index (κ1) is 21.2. The molecule has 0 radical (unpaired) electrons. The molecule has 1 amide bonds. The van der Waals surface area contributed by atoms with Crippen molar-refractivity contribution in [1.82, 2.24) is 5.32 Å². The van der Waals surface area contributed by atoms with Gasteiger partial charge in [0.25, 0.3) is 0 Å². The maximum atomic E-state index is 11.4. The fourth-order valence-corrected chi connectivity index (χ4v) is 2.72. The summed E-state index contributed by atoms with van der Waals surface area (Å²) in [5.41, 5.74) is 0. The second kappa shape index (κ2) is 16.6. The molecule has 2 heteroatoms. The van der Waals surface area contributed by atoms with Crippen LogP contribution in [0.1, 0.15) is 97.3 Å². The Bertz CT molecular complexity index is 273. The lowest BCUT2D eigenvalue weighted by molar-refractivity contribution is -0.124. The summed E-state index contributed by atoms with van der Waals surface area (Å²) in [6.45, 7) is 4.29. The first-order chi connectivity index (χ1) is 10.7. The lowest BCUT2D eigenvalue weighted by Gasteiger charge is -2.08. The Morgan fingerprint density at radius 1 is 0.864 bits per heavy atom. The fourth-order valence-electron chi connectivity index (χ4n) is 2.72. The molecule has 1 atom stereocenters. The van der Waals surface area contributed by atoms with E-state index in [1.807, 2.05) is 6.92 Å². The molecule has 2 nitrogen and oxygen atoms in total. The molecule has 0 aromatic rings. The molecule has 130 valence electrons. The molecule has 0 unspecified atom stereocenters. The minimum Gasteiger partial charge on any atom is -0.359 e. The SMILES string of the molecule is CCCCCCCC/C=C/CCCCCC[C@@H](C)C(=O)NC. The molecule has 0 aromatic heterocycles. The van der Waals surface area contributed by atoms with Crippen LogP contribution in [0.4, 0.5) is 0 Å². The summed E-state index contributed by atoms with van der Waals surface area (Å²) in [6.07, 6.45) is 21.6. The van der Waals surface area contributed by atoms with Gasteiger partial charge in [0, 0.05) is 13.0 Å². The molecule has 0 spiro atoms. The molecular formula is C20H39NO. The van der Waals surface area contributed by atoms with Gasteiger partial charge in [-0.3, -0.25) is 4.79 Å². The van der Waals surface area contributed by atoms with Crippen molar-refractivity contribution in [3.8, 4) is 0 Å². The Labute approximate surface area is 139 Å². The first-order valence-electron chi connectivity index (χ1n) is 9.59. The summed E-state index contributed by atoms with van der Waals surface area (Å²) in [6, 6.07) is 0. The van der Waals surface area contributed by atoms with Crippen LogP contribution in [0.3, 0.4) is 0 Å². The van der Waals surface area contributed by atoms with E-state index in [2.05, 4.69) is 24.4 Å². The predicted octanol–water partition coefficient (Wildman–Crippen LogP) is 6.02. The number of hydrogen-bond donors (Lipinski definition) is 1. The Kier molecular flexibility index (Phi) is 16.0. The molecule has 0 aliphatic carbocycles. The van der Waals surface area contributed by atoms with Crippen LogP contribution in [0, 0.1) is 5.92 Å². The molecule has 0 heterocycles. The van der Waals surface area contributed by atoms with Crippen molar-refractivity contribution in [3.63, 3.8) is 0 Å². The van der Waals surface area contributed by atoms with Crippen molar-refractivity contribution < 1.29 is 4.79 Å². The second-order valence-electron chi connectivity index (χ2n) is 6.53. The molecule has 0 saturated heterocycles. The average Bonchev–Trinajstić information content (AvgIpc) is 2.54. The maximum absolute atomic E-state index is 11.4. The number of amides is 1. The largest absolute Gasteiger partial charge is 0.359 e. The zero-order chi connectivity index (χ0) is 16.5. The zero-order valence-corrected chi connectivity index (χ0v) is 15.3. The van der Waals surface area contributed by atoms with Gasteiger partial charge in [0.05, 0.1) is 0 Å². The van der Waals surface area contributed by atoms with Gasteiger partial charge in [0.2, 0.25) is 5.91 Å². The van der Waals surface area contributed by atoms with Crippen molar-refractivity contribution in [3.05, 3.63) is 12.2 Å². The van der Waals surface area contributed by atoms with Crippen molar-refractivity contribution in [2.75, 3.05) is 7.05 Å². The van der Waals surface area contributed by atoms with E-state index in [0.717, 1.165) is 6.42 Å². The zero-order valence-electron chi connectivity index (χ0n) is 15.3. The molecule has 0 aliphatic rings. The highest BCUT2D eigenvalue weighted by atomic mass is 16.1. The fraction of sp³-hybridized carbons (Fsp3) is 0.850. The lowest BCUT2D eigenvalue weighted by Crippen LogP contribution is -2.25. The van der Waals surface area contributed by atoms with Gasteiger partial charge in [-0.25, -0.2) is 0 Å². The topological polar surface area (TPSA) is 29.1 Å². The number of allylic oxidation sites excluding steroid dienone is 2. The molecule has 0 fully saturated rings. The van der Waals surface area contributed by atoms with Crippen molar-refractivity contribution in [2.45, 2.75) is 97.3 Å². The molecule has 0 aliphatic heterocycles. The average molecular weight is 310 g/mol. The summed E-state index contributed by atoms with van der Waals surface area (Å²) in [5, 5.41) is 2.72. The van der Waals surface area contributed by atoms with Gasteiger partial charge < -0.3 is 5.32 Å². The van der Waals surface area contributed by atoms with E-state index in [4.69, 9.17) is 0 Å². The van der Waals surface area contributed by atoms with E-state index in [1.165, 1.54) is 77.0 Å². The van der Waals surface area contributed by atoms with Crippen LogP contribution in [0.2, 0.25) is 0 Å². The molecule has 1 N–H and O–H groups in total. The van der Waals surface area contributed by atoms with E-state index >= 15 is 0 Å². The minimum atomic E-state index is 0.169. The monoisotopic (exact) mass is 309 g/mol. The summed E-state index contributed by atoms with van der Waals surface area (Å²) in [7, 11) is 1.72. The Balaban J connectivity index is 3.22. The smallest absolute Gasteiger partial charge is 0.222 e. The molecule has 0 saturated carbocycles. The highest BCUT2D eigenvalue weighted by Crippen LogP contribution is 2.12. The standard InChI is InChI=1S/C20H39NO/c1-4-5-6-7-8-9-10-11-12-13-14-15-16-17-18-19(2)20(22)21-3/h11-12,19H,4-10,13-18H2,1-3H3,(H,21,22)/b12-11+/t19-/m1/s1. The normalized spacial score (nSPS) is 12.7. The van der Waals surface area contributed by atoms with E-state index in [-0.39, 0.29) is 11.8 Å². The van der Waals surface area contributed by atoms with E-state index in [0.29, 0.717) is 0 Å². The summed E-state index contributed by atoms with van der Waals surface area (Å²) in [5.74, 6) is 0.347. The van der Waals surface area contributed by atoms with Gasteiger partial charge in [-0.1, -0.05) is 77.4 Å². The third kappa shape index (κ3) is 14.2. The van der Waals surface area contributed by atoms with Crippen LogP contribution in [-0.2, 0) is 4.79 Å². The van der Waals surface area contributed by atoms with Gasteiger partial charge in [0.15, 0.2) is 0 Å². The Morgan fingerprint density at radius 3 is 1.91 bits per heavy atom. The van der Waals surface area contributed by atoms with Crippen molar-refractivity contribution in [2.24, 2.45) is 5.92 Å². The van der Waals surface area contributed by atoms with Crippen molar-refractivity contribution >= 4 is 5.91 Å². The van der Waals surface area contributed by atoms with Crippen LogP contribution in [0.15, 0.2) is 12.2 Å². The van der Waals surface area contributed by atoms with E-state index in [9.17, 15) is 4.79 Å². The Hall–Kier alpha value is -0.790. The highest BCUT2D eigenvalue weighted by Gasteiger charge is 2.09.